The molecular formula is C12H9ClN2O5S. The van der Waals surface area contributed by atoms with Crippen LogP contribution in [0.25, 0.3) is 0 Å². The average Bonchev–Trinajstić information content (AvgIpc) is 2.38. The first-order valence-electron chi connectivity index (χ1n) is 5.61. The highest BCUT2D eigenvalue weighted by atomic mass is 35.5. The van der Waals surface area contributed by atoms with E-state index in [1.807, 2.05) is 6.92 Å². The van der Waals surface area contributed by atoms with E-state index in [1.54, 1.807) is 12.1 Å². The molecule has 2 aromatic rings. The van der Waals surface area contributed by atoms with Gasteiger partial charge in [-0.1, -0.05) is 29.3 Å². The van der Waals surface area contributed by atoms with Crippen LogP contribution in [0.1, 0.15) is 5.56 Å². The van der Waals surface area contributed by atoms with E-state index < -0.39 is 20.7 Å². The molecule has 9 heteroatoms. The molecule has 0 saturated carbocycles. The van der Waals surface area contributed by atoms with Crippen LogP contribution in [0.5, 0.6) is 5.88 Å². The Labute approximate surface area is 125 Å². The molecule has 2 rings (SSSR count). The van der Waals surface area contributed by atoms with Gasteiger partial charge in [-0.3, -0.25) is 10.1 Å². The molecule has 0 aliphatic rings. The molecule has 0 aliphatic carbocycles. The number of aromatic nitrogens is 1. The second-order valence-electron chi connectivity index (χ2n) is 4.08. The smallest absolute Gasteiger partial charge is 0.340 e. The third kappa shape index (κ3) is 3.47. The van der Waals surface area contributed by atoms with E-state index in [4.69, 9.17) is 15.8 Å². The van der Waals surface area contributed by atoms with E-state index >= 15 is 0 Å². The molecule has 0 aliphatic heterocycles. The van der Waals surface area contributed by atoms with Crippen molar-refractivity contribution in [1.82, 2.24) is 4.98 Å². The maximum atomic E-state index is 12.0. The maximum absolute atomic E-state index is 12.0. The molecule has 0 unspecified atom stereocenters. The van der Waals surface area contributed by atoms with Crippen LogP contribution in [0, 0.1) is 17.0 Å². The van der Waals surface area contributed by atoms with Crippen LogP contribution in [-0.2, 0) is 10.1 Å². The number of benzene rings is 1. The predicted molar refractivity (Wildman–Crippen MR) is 74.9 cm³/mol. The lowest BCUT2D eigenvalue weighted by atomic mass is 10.2. The minimum Gasteiger partial charge on any atom is -0.358 e. The summed E-state index contributed by atoms with van der Waals surface area (Å²) in [6, 6.07) is 6.99. The molecule has 0 bridgehead atoms. The van der Waals surface area contributed by atoms with Crippen molar-refractivity contribution in [1.29, 1.82) is 0 Å². The molecule has 7 nitrogen and oxygen atoms in total. The van der Waals surface area contributed by atoms with Gasteiger partial charge in [-0.2, -0.15) is 8.42 Å². The zero-order chi connectivity index (χ0) is 15.6. The second kappa shape index (κ2) is 5.66. The number of aryl methyl sites for hydroxylation is 1. The molecule has 21 heavy (non-hydrogen) atoms. The summed E-state index contributed by atoms with van der Waals surface area (Å²) in [5, 5.41) is 10.3. The fourth-order valence-electron chi connectivity index (χ4n) is 1.45. The molecule has 0 radical (unpaired) electrons. The van der Waals surface area contributed by atoms with Crippen molar-refractivity contribution in [3.8, 4) is 5.88 Å². The molecule has 0 fully saturated rings. The third-order valence-electron chi connectivity index (χ3n) is 2.51. The zero-order valence-corrected chi connectivity index (χ0v) is 12.3. The van der Waals surface area contributed by atoms with E-state index in [2.05, 4.69) is 4.98 Å². The van der Waals surface area contributed by atoms with Crippen LogP contribution >= 0.6 is 11.6 Å². The van der Waals surface area contributed by atoms with E-state index in [1.165, 1.54) is 12.1 Å². The van der Waals surface area contributed by atoms with Gasteiger partial charge < -0.3 is 4.18 Å². The van der Waals surface area contributed by atoms with Gasteiger partial charge >= 0.3 is 15.8 Å². The fourth-order valence-corrected chi connectivity index (χ4v) is 2.54. The van der Waals surface area contributed by atoms with Crippen molar-refractivity contribution in [3.63, 3.8) is 0 Å². The summed E-state index contributed by atoms with van der Waals surface area (Å²) in [6.07, 6.45) is 0.836. The van der Waals surface area contributed by atoms with Crippen LogP contribution in [0.2, 0.25) is 5.02 Å². The lowest BCUT2D eigenvalue weighted by Crippen LogP contribution is -2.10. The Kier molecular flexibility index (Phi) is 4.10. The summed E-state index contributed by atoms with van der Waals surface area (Å²) in [6.45, 7) is 1.81. The quantitative estimate of drug-likeness (QED) is 0.486. The minimum absolute atomic E-state index is 0.0515. The largest absolute Gasteiger partial charge is 0.358 e. The van der Waals surface area contributed by atoms with Crippen LogP contribution < -0.4 is 4.18 Å². The number of pyridine rings is 1. The fraction of sp³-hybridized carbons (Fsp3) is 0.0833. The van der Waals surface area contributed by atoms with E-state index in [0.29, 0.717) is 0 Å². The molecule has 0 saturated heterocycles. The molecule has 0 atom stereocenters. The molecule has 0 spiro atoms. The van der Waals surface area contributed by atoms with Gasteiger partial charge in [0.05, 0.1) is 4.92 Å². The van der Waals surface area contributed by atoms with Crippen LogP contribution in [0.15, 0.2) is 41.4 Å². The Morgan fingerprint density at radius 2 is 1.90 bits per heavy atom. The van der Waals surface area contributed by atoms with Gasteiger partial charge in [0, 0.05) is 6.07 Å². The highest BCUT2D eigenvalue weighted by Crippen LogP contribution is 2.27. The minimum atomic E-state index is -4.07. The average molecular weight is 329 g/mol. The topological polar surface area (TPSA) is 99.4 Å². The Morgan fingerprint density at radius 3 is 2.43 bits per heavy atom. The number of nitrogens with zero attached hydrogens (tertiary/aromatic N) is 2. The van der Waals surface area contributed by atoms with Crippen molar-refractivity contribution in [2.75, 3.05) is 0 Å². The van der Waals surface area contributed by atoms with Gasteiger partial charge in [-0.15, -0.1) is 0 Å². The first kappa shape index (κ1) is 15.2. The van der Waals surface area contributed by atoms with Crippen LogP contribution in [-0.4, -0.2) is 18.3 Å². The summed E-state index contributed by atoms with van der Waals surface area (Å²) in [5.74, 6) is -0.342. The first-order valence-corrected chi connectivity index (χ1v) is 7.39. The monoisotopic (exact) mass is 328 g/mol. The normalized spacial score (nSPS) is 11.1. The van der Waals surface area contributed by atoms with Crippen molar-refractivity contribution in [3.05, 3.63) is 57.2 Å². The number of hydrogen-bond donors (Lipinski definition) is 0. The molecule has 0 N–H and O–H groups in total. The van der Waals surface area contributed by atoms with E-state index in [0.717, 1.165) is 17.8 Å². The van der Waals surface area contributed by atoms with Gasteiger partial charge in [-0.05, 0) is 19.1 Å². The SMILES string of the molecule is Cc1ccc(S(=O)(=O)Oc2cc(Cl)c([N+](=O)[O-])cn2)cc1. The zero-order valence-electron chi connectivity index (χ0n) is 10.7. The van der Waals surface area contributed by atoms with Crippen molar-refractivity contribution < 1.29 is 17.5 Å². The Morgan fingerprint density at radius 1 is 1.29 bits per heavy atom. The molecule has 0 amide bonds. The lowest BCUT2D eigenvalue weighted by Gasteiger charge is -2.06. The highest BCUT2D eigenvalue weighted by Gasteiger charge is 2.20. The molecule has 1 aromatic carbocycles. The van der Waals surface area contributed by atoms with Crippen molar-refractivity contribution in [2.45, 2.75) is 11.8 Å². The summed E-state index contributed by atoms with van der Waals surface area (Å²) < 4.78 is 28.8. The Bertz CT molecular complexity index is 790. The van der Waals surface area contributed by atoms with Gasteiger partial charge in [-0.25, -0.2) is 4.98 Å². The number of rotatable bonds is 4. The first-order chi connectivity index (χ1) is 9.79. The van der Waals surface area contributed by atoms with E-state index in [9.17, 15) is 18.5 Å². The number of nitro groups is 1. The van der Waals surface area contributed by atoms with Crippen molar-refractivity contribution in [2.24, 2.45) is 0 Å². The molecular weight excluding hydrogens is 320 g/mol. The van der Waals surface area contributed by atoms with Crippen LogP contribution in [0.3, 0.4) is 0 Å². The summed E-state index contributed by atoms with van der Waals surface area (Å²) in [5.41, 5.74) is 0.460. The summed E-state index contributed by atoms with van der Waals surface area (Å²) >= 11 is 5.66. The van der Waals surface area contributed by atoms with Gasteiger partial charge in [0.15, 0.2) is 0 Å². The standard InChI is InChI=1S/C12H9ClN2O5S/c1-8-2-4-9(5-3-8)21(18,19)20-12-6-10(13)11(7-14-12)15(16)17/h2-7H,1H3. The number of hydrogen-bond acceptors (Lipinski definition) is 6. The van der Waals surface area contributed by atoms with Gasteiger partial charge in [0.25, 0.3) is 0 Å². The molecule has 1 aromatic heterocycles. The molecule has 1 heterocycles. The summed E-state index contributed by atoms with van der Waals surface area (Å²) in [4.78, 5) is 13.4. The Balaban J connectivity index is 2.31. The number of halogens is 1. The van der Waals surface area contributed by atoms with E-state index in [-0.39, 0.29) is 15.8 Å². The molecule has 110 valence electrons. The Hall–Kier alpha value is -2.19. The van der Waals surface area contributed by atoms with Gasteiger partial charge in [0.1, 0.15) is 16.1 Å². The third-order valence-corrected chi connectivity index (χ3v) is 4.05. The lowest BCUT2D eigenvalue weighted by molar-refractivity contribution is -0.385. The van der Waals surface area contributed by atoms with Crippen LogP contribution in [0.4, 0.5) is 5.69 Å². The predicted octanol–water partition coefficient (Wildman–Crippen LogP) is 2.72. The summed E-state index contributed by atoms with van der Waals surface area (Å²) in [7, 11) is -4.07. The maximum Gasteiger partial charge on any atom is 0.340 e. The van der Waals surface area contributed by atoms with Gasteiger partial charge in [0.2, 0.25) is 5.88 Å². The second-order valence-corrected chi connectivity index (χ2v) is 6.04. The highest BCUT2D eigenvalue weighted by molar-refractivity contribution is 7.87. The van der Waals surface area contributed by atoms with Crippen molar-refractivity contribution >= 4 is 27.4 Å².